The molecule has 0 saturated carbocycles. The van der Waals surface area contributed by atoms with Gasteiger partial charge in [-0.25, -0.2) is 14.4 Å². The van der Waals surface area contributed by atoms with Crippen molar-refractivity contribution in [2.24, 2.45) is 0 Å². The Hall–Kier alpha value is -4.39. The summed E-state index contributed by atoms with van der Waals surface area (Å²) in [5, 5.41) is 11.5. The number of hydrogen-bond acceptors (Lipinski definition) is 5. The Labute approximate surface area is 170 Å². The average molecular weight is 394 g/mol. The lowest BCUT2D eigenvalue weighted by atomic mass is 10.1. The summed E-state index contributed by atoms with van der Waals surface area (Å²) in [6, 6.07) is 24.6. The average Bonchev–Trinajstić information content (AvgIpc) is 2.79. The van der Waals surface area contributed by atoms with E-state index in [0.717, 1.165) is 5.56 Å². The third-order valence-corrected chi connectivity index (χ3v) is 4.94. The normalized spacial score (nSPS) is 11.1. The molecule has 0 aliphatic heterocycles. The van der Waals surface area contributed by atoms with Gasteiger partial charge in [0.15, 0.2) is 0 Å². The Bertz CT molecular complexity index is 1480. The molecule has 0 amide bonds. The number of fused-ring (bicyclic) bond motifs is 2. The van der Waals surface area contributed by atoms with E-state index in [4.69, 9.17) is 0 Å². The summed E-state index contributed by atoms with van der Waals surface area (Å²) in [5.74, 6) is 0.272. The van der Waals surface area contributed by atoms with Gasteiger partial charge < -0.3 is 0 Å². The predicted octanol–water partition coefficient (Wildman–Crippen LogP) is 4.48. The summed E-state index contributed by atoms with van der Waals surface area (Å²) in [7, 11) is 0. The summed E-state index contributed by atoms with van der Waals surface area (Å²) in [5.41, 5.74) is 3.07. The Kier molecular flexibility index (Phi) is 4.07. The molecule has 30 heavy (non-hydrogen) atoms. The molecule has 0 N–H and O–H groups in total. The van der Waals surface area contributed by atoms with Crippen molar-refractivity contribution < 1.29 is 4.92 Å². The first-order chi connectivity index (χ1) is 14.6. The molecular weight excluding hydrogens is 380 g/mol. The van der Waals surface area contributed by atoms with Crippen LogP contribution in [0.5, 0.6) is 0 Å². The number of aromatic nitrogens is 3. The zero-order valence-corrected chi connectivity index (χ0v) is 15.6. The monoisotopic (exact) mass is 394 g/mol. The highest BCUT2D eigenvalue weighted by atomic mass is 16.6. The number of nitro benzene ring substituents is 1. The number of nitrogens with zero attached hydrogens (tertiary/aromatic N) is 4. The van der Waals surface area contributed by atoms with E-state index < -0.39 is 4.92 Å². The van der Waals surface area contributed by atoms with Crippen LogP contribution >= 0.6 is 0 Å². The van der Waals surface area contributed by atoms with Gasteiger partial charge in [-0.1, -0.05) is 42.5 Å². The number of benzene rings is 3. The lowest BCUT2D eigenvalue weighted by molar-refractivity contribution is -0.384. The number of hydrogen-bond donors (Lipinski definition) is 0. The van der Waals surface area contributed by atoms with Crippen LogP contribution in [0.4, 0.5) is 5.69 Å². The van der Waals surface area contributed by atoms with Gasteiger partial charge in [0.1, 0.15) is 0 Å². The number of nitro groups is 1. The molecule has 2 aromatic heterocycles. The first-order valence-electron chi connectivity index (χ1n) is 9.24. The van der Waals surface area contributed by atoms with E-state index >= 15 is 0 Å². The van der Waals surface area contributed by atoms with Gasteiger partial charge in [0, 0.05) is 17.7 Å². The Morgan fingerprint density at radius 2 is 1.50 bits per heavy atom. The van der Waals surface area contributed by atoms with E-state index in [1.165, 1.54) is 16.5 Å². The minimum absolute atomic E-state index is 0.0173. The van der Waals surface area contributed by atoms with Crippen LogP contribution in [0.1, 0.15) is 0 Å². The van der Waals surface area contributed by atoms with Crippen LogP contribution < -0.4 is 5.56 Å². The van der Waals surface area contributed by atoms with Crippen molar-refractivity contribution in [2.45, 2.75) is 0 Å². The van der Waals surface area contributed by atoms with Crippen LogP contribution in [-0.2, 0) is 0 Å². The standard InChI is InChI=1S/C23H14N4O3/c28-22-18-8-4-5-9-19(18)24-23-25-20(15-6-2-1-3-7-15)14-21(26(22)23)16-10-12-17(13-11-16)27(29)30/h1-14H. The zero-order valence-electron chi connectivity index (χ0n) is 15.6. The molecule has 144 valence electrons. The largest absolute Gasteiger partial charge is 0.269 e. The van der Waals surface area contributed by atoms with Crippen molar-refractivity contribution in [3.05, 3.63) is 105 Å². The van der Waals surface area contributed by atoms with Crippen LogP contribution in [0, 0.1) is 10.1 Å². The fourth-order valence-electron chi connectivity index (χ4n) is 3.47. The molecule has 2 heterocycles. The summed E-state index contributed by atoms with van der Waals surface area (Å²) >= 11 is 0. The minimum atomic E-state index is -0.453. The first kappa shape index (κ1) is 17.7. The van der Waals surface area contributed by atoms with E-state index in [9.17, 15) is 14.9 Å². The molecule has 7 nitrogen and oxygen atoms in total. The maximum Gasteiger partial charge on any atom is 0.269 e. The van der Waals surface area contributed by atoms with Gasteiger partial charge in [0.05, 0.1) is 27.2 Å². The molecule has 0 unspecified atom stereocenters. The molecular formula is C23H14N4O3. The highest BCUT2D eigenvalue weighted by molar-refractivity contribution is 5.81. The van der Waals surface area contributed by atoms with Crippen molar-refractivity contribution in [3.8, 4) is 22.5 Å². The van der Waals surface area contributed by atoms with Gasteiger partial charge in [-0.15, -0.1) is 0 Å². The second-order valence-corrected chi connectivity index (χ2v) is 6.77. The van der Waals surface area contributed by atoms with Crippen LogP contribution in [0.2, 0.25) is 0 Å². The highest BCUT2D eigenvalue weighted by Gasteiger charge is 2.15. The molecule has 5 rings (SSSR count). The molecule has 0 aliphatic rings. The van der Waals surface area contributed by atoms with Gasteiger partial charge in [0.2, 0.25) is 5.78 Å². The lowest BCUT2D eigenvalue weighted by Gasteiger charge is -2.12. The maximum absolute atomic E-state index is 13.3. The molecule has 5 aromatic rings. The Morgan fingerprint density at radius 3 is 2.23 bits per heavy atom. The van der Waals surface area contributed by atoms with Crippen molar-refractivity contribution in [1.82, 2.24) is 14.4 Å². The summed E-state index contributed by atoms with van der Waals surface area (Å²) in [6.45, 7) is 0. The van der Waals surface area contributed by atoms with E-state index in [-0.39, 0.29) is 17.0 Å². The third kappa shape index (κ3) is 2.89. The summed E-state index contributed by atoms with van der Waals surface area (Å²) in [4.78, 5) is 33.1. The van der Waals surface area contributed by atoms with Crippen molar-refractivity contribution in [3.63, 3.8) is 0 Å². The topological polar surface area (TPSA) is 90.4 Å². The minimum Gasteiger partial charge on any atom is -0.268 e. The number of rotatable bonds is 3. The fourth-order valence-corrected chi connectivity index (χ4v) is 3.47. The van der Waals surface area contributed by atoms with Crippen LogP contribution in [0.3, 0.4) is 0 Å². The third-order valence-electron chi connectivity index (χ3n) is 4.94. The molecule has 0 atom stereocenters. The van der Waals surface area contributed by atoms with Crippen molar-refractivity contribution in [1.29, 1.82) is 0 Å². The summed E-state index contributed by atoms with van der Waals surface area (Å²) in [6.07, 6.45) is 0. The molecule has 0 radical (unpaired) electrons. The number of non-ortho nitro benzene ring substituents is 1. The van der Waals surface area contributed by atoms with Gasteiger partial charge in [0.25, 0.3) is 11.2 Å². The van der Waals surface area contributed by atoms with E-state index in [0.29, 0.717) is 27.9 Å². The molecule has 0 saturated heterocycles. The SMILES string of the molecule is O=c1c2ccccc2nc2nc(-c3ccccc3)cc(-c3ccc([N+](=O)[O-])cc3)n12. The van der Waals surface area contributed by atoms with Crippen LogP contribution in [0.25, 0.3) is 39.2 Å². The van der Waals surface area contributed by atoms with Gasteiger partial charge in [-0.05, 0) is 35.9 Å². The molecule has 0 aliphatic carbocycles. The Balaban J connectivity index is 1.87. The van der Waals surface area contributed by atoms with Gasteiger partial charge >= 0.3 is 0 Å². The summed E-state index contributed by atoms with van der Waals surface area (Å²) < 4.78 is 1.45. The molecule has 0 fully saturated rings. The maximum atomic E-state index is 13.3. The van der Waals surface area contributed by atoms with Crippen LogP contribution in [-0.4, -0.2) is 19.3 Å². The molecule has 0 spiro atoms. The second kappa shape index (κ2) is 6.89. The quantitative estimate of drug-likeness (QED) is 0.256. The smallest absolute Gasteiger partial charge is 0.268 e. The lowest BCUT2D eigenvalue weighted by Crippen LogP contribution is -2.18. The Morgan fingerprint density at radius 1 is 0.800 bits per heavy atom. The molecule has 0 bridgehead atoms. The molecule has 7 heteroatoms. The highest BCUT2D eigenvalue weighted by Crippen LogP contribution is 2.27. The van der Waals surface area contributed by atoms with E-state index in [1.54, 1.807) is 36.4 Å². The second-order valence-electron chi connectivity index (χ2n) is 6.77. The van der Waals surface area contributed by atoms with Crippen LogP contribution in [0.15, 0.2) is 89.7 Å². The fraction of sp³-hybridized carbons (Fsp3) is 0. The first-order valence-corrected chi connectivity index (χ1v) is 9.24. The predicted molar refractivity (Wildman–Crippen MR) is 114 cm³/mol. The van der Waals surface area contributed by atoms with Gasteiger partial charge in [-0.2, -0.15) is 0 Å². The van der Waals surface area contributed by atoms with Crippen molar-refractivity contribution in [2.75, 3.05) is 0 Å². The number of para-hydroxylation sites is 1. The molecule has 3 aromatic carbocycles. The van der Waals surface area contributed by atoms with E-state index in [1.807, 2.05) is 36.4 Å². The van der Waals surface area contributed by atoms with E-state index in [2.05, 4.69) is 9.97 Å². The van der Waals surface area contributed by atoms with Crippen molar-refractivity contribution >= 4 is 22.4 Å². The zero-order chi connectivity index (χ0) is 20.7. The van der Waals surface area contributed by atoms with Gasteiger partial charge in [-0.3, -0.25) is 14.9 Å².